The molecule has 2 aromatic rings. The molecule has 0 unspecified atom stereocenters. The van der Waals surface area contributed by atoms with Crippen LogP contribution in [-0.2, 0) is 15.1 Å². The number of carbonyl (C=O) groups excluding carboxylic acids is 2. The molecule has 0 aromatic heterocycles. The Labute approximate surface area is 125 Å². The lowest BCUT2D eigenvalue weighted by Crippen LogP contribution is -2.27. The van der Waals surface area contributed by atoms with Gasteiger partial charge in [0.1, 0.15) is 5.82 Å². The van der Waals surface area contributed by atoms with Gasteiger partial charge in [-0.3, -0.25) is 9.59 Å². The van der Waals surface area contributed by atoms with Crippen LogP contribution in [0, 0.1) is 12.7 Å². The van der Waals surface area contributed by atoms with Crippen LogP contribution in [0.25, 0.3) is 0 Å². The third-order valence-corrected chi connectivity index (χ3v) is 4.22. The number of ketones is 1. The lowest BCUT2D eigenvalue weighted by Gasteiger charge is -2.05. The predicted octanol–water partition coefficient (Wildman–Crippen LogP) is 2.56. The molecular formula is C17H12FNO3. The maximum Gasteiger partial charge on any atom is 0.264 e. The standard InChI is InChI=1S/C17H12FNO3/c1-9-8-10(18)6-7-11(9)14(20)15-17(22-15)12-4-2-3-5-13(12)19-16(17)21/h2-8,15H,1H3,(H,19,21)/t15-,17-/m1/s1. The zero-order valence-electron chi connectivity index (χ0n) is 11.7. The van der Waals surface area contributed by atoms with Crippen molar-refractivity contribution in [1.82, 2.24) is 0 Å². The number of rotatable bonds is 2. The van der Waals surface area contributed by atoms with E-state index in [0.29, 0.717) is 22.4 Å². The first kappa shape index (κ1) is 13.2. The highest BCUT2D eigenvalue weighted by Crippen LogP contribution is 2.54. The van der Waals surface area contributed by atoms with Crippen molar-refractivity contribution in [2.24, 2.45) is 0 Å². The summed E-state index contributed by atoms with van der Waals surface area (Å²) in [6.45, 7) is 1.66. The largest absolute Gasteiger partial charge is 0.342 e. The number of hydrogen-bond donors (Lipinski definition) is 1. The van der Waals surface area contributed by atoms with E-state index in [9.17, 15) is 14.0 Å². The summed E-state index contributed by atoms with van der Waals surface area (Å²) >= 11 is 0. The Morgan fingerprint density at radius 2 is 2.05 bits per heavy atom. The van der Waals surface area contributed by atoms with E-state index in [0.717, 1.165) is 0 Å². The minimum atomic E-state index is -1.23. The second-order valence-corrected chi connectivity index (χ2v) is 5.56. The van der Waals surface area contributed by atoms with Gasteiger partial charge in [-0.25, -0.2) is 4.39 Å². The number of nitrogens with one attached hydrogen (secondary N) is 1. The number of halogens is 1. The first-order valence-corrected chi connectivity index (χ1v) is 6.93. The van der Waals surface area contributed by atoms with Gasteiger partial charge in [-0.1, -0.05) is 18.2 Å². The van der Waals surface area contributed by atoms with Crippen molar-refractivity contribution in [2.75, 3.05) is 5.32 Å². The minimum absolute atomic E-state index is 0.302. The Bertz CT molecular complexity index is 832. The van der Waals surface area contributed by atoms with Crippen LogP contribution in [0.5, 0.6) is 0 Å². The van der Waals surface area contributed by atoms with Gasteiger partial charge in [0.25, 0.3) is 5.91 Å². The summed E-state index contributed by atoms with van der Waals surface area (Å²) in [7, 11) is 0. The van der Waals surface area contributed by atoms with Crippen LogP contribution in [0.15, 0.2) is 42.5 Å². The lowest BCUT2D eigenvalue weighted by molar-refractivity contribution is -0.120. The Hall–Kier alpha value is -2.53. The van der Waals surface area contributed by atoms with Crippen LogP contribution in [0.4, 0.5) is 10.1 Å². The molecule has 2 atom stereocenters. The number of para-hydroxylation sites is 1. The molecule has 0 radical (unpaired) electrons. The lowest BCUT2D eigenvalue weighted by atomic mass is 9.91. The number of benzene rings is 2. The highest BCUT2D eigenvalue weighted by molar-refractivity contribution is 6.15. The molecule has 1 saturated heterocycles. The van der Waals surface area contributed by atoms with Crippen molar-refractivity contribution in [3.05, 3.63) is 65.0 Å². The molecule has 0 bridgehead atoms. The van der Waals surface area contributed by atoms with E-state index in [4.69, 9.17) is 4.74 Å². The highest BCUT2D eigenvalue weighted by Gasteiger charge is 2.70. The number of fused-ring (bicyclic) bond motifs is 2. The summed E-state index contributed by atoms with van der Waals surface area (Å²) in [6, 6.07) is 11.1. The number of ether oxygens (including phenoxy) is 1. The summed E-state index contributed by atoms with van der Waals surface area (Å²) in [5.41, 5.74) is 1.02. The SMILES string of the molecule is Cc1cc(F)ccc1C(=O)[C@H]1O[C@@]12C(=O)Nc1ccccc12. The Morgan fingerprint density at radius 1 is 1.27 bits per heavy atom. The molecule has 0 aliphatic carbocycles. The van der Waals surface area contributed by atoms with Gasteiger partial charge in [0.05, 0.1) is 0 Å². The van der Waals surface area contributed by atoms with E-state index in [1.54, 1.807) is 25.1 Å². The van der Waals surface area contributed by atoms with E-state index in [1.165, 1.54) is 18.2 Å². The fourth-order valence-corrected chi connectivity index (χ4v) is 3.07. The molecule has 22 heavy (non-hydrogen) atoms. The summed E-state index contributed by atoms with van der Waals surface area (Å²) in [5, 5.41) is 2.73. The monoisotopic (exact) mass is 297 g/mol. The summed E-state index contributed by atoms with van der Waals surface area (Å²) in [6.07, 6.45) is -0.861. The average molecular weight is 297 g/mol. The second kappa shape index (κ2) is 4.24. The van der Waals surface area contributed by atoms with Gasteiger partial charge in [-0.15, -0.1) is 0 Å². The molecule has 4 rings (SSSR count). The number of epoxide rings is 1. The van der Waals surface area contributed by atoms with Crippen LogP contribution < -0.4 is 5.32 Å². The van der Waals surface area contributed by atoms with Crippen molar-refractivity contribution in [2.45, 2.75) is 18.6 Å². The fraction of sp³-hybridized carbons (Fsp3) is 0.176. The maximum absolute atomic E-state index is 13.2. The molecular weight excluding hydrogens is 285 g/mol. The molecule has 5 heteroatoms. The van der Waals surface area contributed by atoms with E-state index in [-0.39, 0.29) is 11.7 Å². The van der Waals surface area contributed by atoms with Gasteiger partial charge >= 0.3 is 0 Å². The number of amides is 1. The Balaban J connectivity index is 1.72. The first-order valence-electron chi connectivity index (χ1n) is 6.93. The number of Topliss-reactive ketones (excluding diaryl/α,β-unsaturated/α-hetero) is 1. The molecule has 0 saturated carbocycles. The van der Waals surface area contributed by atoms with Gasteiger partial charge in [0, 0.05) is 16.8 Å². The zero-order chi connectivity index (χ0) is 15.5. The molecule has 110 valence electrons. The molecule has 1 amide bonds. The molecule has 4 nitrogen and oxygen atoms in total. The van der Waals surface area contributed by atoms with E-state index in [2.05, 4.69) is 5.32 Å². The summed E-state index contributed by atoms with van der Waals surface area (Å²) in [4.78, 5) is 24.9. The fourth-order valence-electron chi connectivity index (χ4n) is 3.07. The minimum Gasteiger partial charge on any atom is -0.342 e. The number of hydrogen-bond acceptors (Lipinski definition) is 3. The smallest absolute Gasteiger partial charge is 0.264 e. The van der Waals surface area contributed by atoms with Crippen molar-refractivity contribution < 1.29 is 18.7 Å². The molecule has 2 aliphatic heterocycles. The second-order valence-electron chi connectivity index (χ2n) is 5.56. The number of carbonyl (C=O) groups is 2. The van der Waals surface area contributed by atoms with Crippen molar-refractivity contribution in [3.63, 3.8) is 0 Å². The van der Waals surface area contributed by atoms with Crippen LogP contribution in [0.3, 0.4) is 0 Å². The third-order valence-electron chi connectivity index (χ3n) is 4.22. The maximum atomic E-state index is 13.2. The van der Waals surface area contributed by atoms with Crippen molar-refractivity contribution in [1.29, 1.82) is 0 Å². The number of anilines is 1. The van der Waals surface area contributed by atoms with Gasteiger partial charge in [-0.05, 0) is 36.8 Å². The average Bonchev–Trinajstić information content (AvgIpc) is 3.17. The summed E-state index contributed by atoms with van der Waals surface area (Å²) < 4.78 is 18.7. The molecule has 2 heterocycles. The molecule has 1 spiro atoms. The zero-order valence-corrected chi connectivity index (χ0v) is 11.7. The van der Waals surface area contributed by atoms with E-state index >= 15 is 0 Å². The Morgan fingerprint density at radius 3 is 2.82 bits per heavy atom. The predicted molar refractivity (Wildman–Crippen MR) is 77.1 cm³/mol. The quantitative estimate of drug-likeness (QED) is 0.684. The number of aryl methyl sites for hydroxylation is 1. The highest BCUT2D eigenvalue weighted by atomic mass is 19.1. The first-order chi connectivity index (χ1) is 10.5. The molecule has 2 aromatic carbocycles. The topological polar surface area (TPSA) is 58.7 Å². The van der Waals surface area contributed by atoms with E-state index < -0.39 is 17.5 Å². The molecule has 1 fully saturated rings. The molecule has 2 aliphatic rings. The van der Waals surface area contributed by atoms with Gasteiger partial charge in [0.2, 0.25) is 5.60 Å². The van der Waals surface area contributed by atoms with Crippen molar-refractivity contribution >= 4 is 17.4 Å². The summed E-state index contributed by atoms with van der Waals surface area (Å²) in [5.74, 6) is -1.03. The van der Waals surface area contributed by atoms with Gasteiger partial charge in [0.15, 0.2) is 11.9 Å². The third kappa shape index (κ3) is 1.60. The van der Waals surface area contributed by atoms with Gasteiger partial charge < -0.3 is 10.1 Å². The normalized spacial score (nSPS) is 25.0. The van der Waals surface area contributed by atoms with Crippen molar-refractivity contribution in [3.8, 4) is 0 Å². The molecule has 1 N–H and O–H groups in total. The van der Waals surface area contributed by atoms with Gasteiger partial charge in [-0.2, -0.15) is 0 Å². The van der Waals surface area contributed by atoms with Crippen LogP contribution in [0.1, 0.15) is 21.5 Å². The van der Waals surface area contributed by atoms with E-state index in [1.807, 2.05) is 6.07 Å². The Kier molecular flexibility index (Phi) is 2.53. The van der Waals surface area contributed by atoms with Crippen LogP contribution in [-0.4, -0.2) is 17.8 Å². The van der Waals surface area contributed by atoms with Crippen LogP contribution >= 0.6 is 0 Å². The van der Waals surface area contributed by atoms with Crippen LogP contribution in [0.2, 0.25) is 0 Å².